The van der Waals surface area contributed by atoms with Crippen LogP contribution in [0.4, 0.5) is 5.69 Å². The summed E-state index contributed by atoms with van der Waals surface area (Å²) in [6, 6.07) is 12.1. The van der Waals surface area contributed by atoms with Crippen molar-refractivity contribution in [2.75, 3.05) is 5.32 Å². The van der Waals surface area contributed by atoms with Gasteiger partial charge in [-0.2, -0.15) is 4.98 Å². The number of carbonyl (C=O) groups is 1. The fourth-order valence-corrected chi connectivity index (χ4v) is 2.34. The zero-order valence-corrected chi connectivity index (χ0v) is 13.3. The van der Waals surface area contributed by atoms with Crippen LogP contribution in [0.2, 0.25) is 0 Å². The number of pyridine rings is 1. The minimum absolute atomic E-state index is 0.148. The van der Waals surface area contributed by atoms with Crippen LogP contribution in [0, 0.1) is 13.8 Å². The van der Waals surface area contributed by atoms with Crippen LogP contribution in [-0.2, 0) is 11.3 Å². The molecule has 0 radical (unpaired) electrons. The van der Waals surface area contributed by atoms with E-state index in [1.54, 1.807) is 25.1 Å². The Morgan fingerprint density at radius 1 is 1.21 bits per heavy atom. The van der Waals surface area contributed by atoms with Crippen molar-refractivity contribution in [1.82, 2.24) is 14.7 Å². The number of aromatic nitrogens is 3. The lowest BCUT2D eigenvalue weighted by Crippen LogP contribution is -2.28. The summed E-state index contributed by atoms with van der Waals surface area (Å²) in [6.45, 7) is 3.47. The molecule has 0 atom stereocenters. The third-order valence-electron chi connectivity index (χ3n) is 3.40. The van der Waals surface area contributed by atoms with E-state index in [0.717, 1.165) is 5.56 Å². The molecule has 0 unspecified atom stereocenters. The van der Waals surface area contributed by atoms with Gasteiger partial charge in [0.1, 0.15) is 12.2 Å². The lowest BCUT2D eigenvalue weighted by atomic mass is 10.2. The van der Waals surface area contributed by atoms with E-state index < -0.39 is 0 Å². The van der Waals surface area contributed by atoms with Crippen molar-refractivity contribution in [3.63, 3.8) is 0 Å². The number of amides is 1. The SMILES string of the molecule is Cc1cccc(NC(=O)Cn2c(-c3nc(C)no3)cccc2=O)c1. The van der Waals surface area contributed by atoms with Crippen molar-refractivity contribution < 1.29 is 9.32 Å². The molecule has 1 amide bonds. The third kappa shape index (κ3) is 3.40. The molecule has 3 rings (SSSR count). The van der Waals surface area contributed by atoms with Gasteiger partial charge in [0.05, 0.1) is 0 Å². The topological polar surface area (TPSA) is 90.0 Å². The summed E-state index contributed by atoms with van der Waals surface area (Å²) < 4.78 is 6.41. The van der Waals surface area contributed by atoms with Gasteiger partial charge in [-0.05, 0) is 37.6 Å². The van der Waals surface area contributed by atoms with E-state index in [-0.39, 0.29) is 23.9 Å². The number of carbonyl (C=O) groups excluding carboxylic acids is 1. The molecule has 0 aliphatic carbocycles. The summed E-state index contributed by atoms with van der Waals surface area (Å²) in [7, 11) is 0. The van der Waals surface area contributed by atoms with Gasteiger partial charge in [0.15, 0.2) is 5.82 Å². The molecule has 0 aliphatic heterocycles. The van der Waals surface area contributed by atoms with Gasteiger partial charge in [0.25, 0.3) is 11.4 Å². The molecule has 2 heterocycles. The Hall–Kier alpha value is -3.22. The number of rotatable bonds is 4. The molecule has 0 fully saturated rings. The molecule has 1 N–H and O–H groups in total. The van der Waals surface area contributed by atoms with Gasteiger partial charge in [-0.3, -0.25) is 14.2 Å². The van der Waals surface area contributed by atoms with E-state index in [2.05, 4.69) is 15.5 Å². The van der Waals surface area contributed by atoms with Crippen LogP contribution in [0.3, 0.4) is 0 Å². The molecule has 0 saturated carbocycles. The van der Waals surface area contributed by atoms with Crippen LogP contribution in [-0.4, -0.2) is 20.6 Å². The van der Waals surface area contributed by atoms with E-state index in [4.69, 9.17) is 4.52 Å². The lowest BCUT2D eigenvalue weighted by molar-refractivity contribution is -0.116. The smallest absolute Gasteiger partial charge is 0.274 e. The normalized spacial score (nSPS) is 10.6. The highest BCUT2D eigenvalue weighted by Crippen LogP contribution is 2.15. The highest BCUT2D eigenvalue weighted by Gasteiger charge is 2.15. The number of aryl methyl sites for hydroxylation is 2. The number of hydrogen-bond acceptors (Lipinski definition) is 5. The second-order valence-corrected chi connectivity index (χ2v) is 5.40. The summed E-state index contributed by atoms with van der Waals surface area (Å²) in [4.78, 5) is 28.6. The molecule has 0 saturated heterocycles. The van der Waals surface area contributed by atoms with E-state index in [1.165, 1.54) is 10.6 Å². The monoisotopic (exact) mass is 324 g/mol. The van der Waals surface area contributed by atoms with Crippen molar-refractivity contribution in [3.8, 4) is 11.6 Å². The summed E-state index contributed by atoms with van der Waals surface area (Å²) in [6.07, 6.45) is 0. The lowest BCUT2D eigenvalue weighted by Gasteiger charge is -2.10. The van der Waals surface area contributed by atoms with Gasteiger partial charge < -0.3 is 9.84 Å². The highest BCUT2D eigenvalue weighted by molar-refractivity contribution is 5.90. The maximum atomic E-state index is 12.3. The van der Waals surface area contributed by atoms with Gasteiger partial charge in [-0.1, -0.05) is 23.4 Å². The molecule has 7 nitrogen and oxygen atoms in total. The third-order valence-corrected chi connectivity index (χ3v) is 3.40. The van der Waals surface area contributed by atoms with Crippen LogP contribution >= 0.6 is 0 Å². The Kier molecular flexibility index (Phi) is 4.24. The first-order valence-corrected chi connectivity index (χ1v) is 7.40. The van der Waals surface area contributed by atoms with Crippen LogP contribution in [0.15, 0.2) is 51.8 Å². The molecule has 2 aromatic heterocycles. The minimum atomic E-state index is -0.317. The van der Waals surface area contributed by atoms with Crippen LogP contribution in [0.5, 0.6) is 0 Å². The zero-order valence-electron chi connectivity index (χ0n) is 13.3. The molecule has 122 valence electrons. The maximum absolute atomic E-state index is 12.3. The standard InChI is InChI=1S/C17H16N4O3/c1-11-5-3-6-13(9-11)19-15(22)10-21-14(7-4-8-16(21)23)17-18-12(2)20-24-17/h3-9H,10H2,1-2H3,(H,19,22). The Morgan fingerprint density at radius 3 is 2.71 bits per heavy atom. The molecule has 0 aliphatic rings. The quantitative estimate of drug-likeness (QED) is 0.794. The molecule has 0 bridgehead atoms. The molecule has 7 heteroatoms. The molecular formula is C17H16N4O3. The first-order chi connectivity index (χ1) is 11.5. The summed E-state index contributed by atoms with van der Waals surface area (Å²) >= 11 is 0. The van der Waals surface area contributed by atoms with Gasteiger partial charge in [0, 0.05) is 11.8 Å². The second kappa shape index (κ2) is 6.49. The number of benzene rings is 1. The zero-order chi connectivity index (χ0) is 17.1. The molecule has 0 spiro atoms. The second-order valence-electron chi connectivity index (χ2n) is 5.40. The van der Waals surface area contributed by atoms with E-state index in [1.807, 2.05) is 25.1 Å². The molecular weight excluding hydrogens is 308 g/mol. The van der Waals surface area contributed by atoms with Crippen molar-refractivity contribution in [3.05, 3.63) is 64.2 Å². The Bertz CT molecular complexity index is 943. The fraction of sp³-hybridized carbons (Fsp3) is 0.176. The van der Waals surface area contributed by atoms with Crippen molar-refractivity contribution in [2.45, 2.75) is 20.4 Å². The summed E-state index contributed by atoms with van der Waals surface area (Å²) in [5, 5.41) is 6.50. The average Bonchev–Trinajstić information content (AvgIpc) is 2.95. The molecule has 24 heavy (non-hydrogen) atoms. The predicted molar refractivity (Wildman–Crippen MR) is 88.5 cm³/mol. The van der Waals surface area contributed by atoms with Gasteiger partial charge in [0.2, 0.25) is 5.91 Å². The molecule has 1 aromatic carbocycles. The van der Waals surface area contributed by atoms with E-state index in [0.29, 0.717) is 17.2 Å². The average molecular weight is 324 g/mol. The fourth-order valence-electron chi connectivity index (χ4n) is 2.34. The van der Waals surface area contributed by atoms with Gasteiger partial charge in [-0.25, -0.2) is 0 Å². The first-order valence-electron chi connectivity index (χ1n) is 7.40. The number of nitrogens with zero attached hydrogens (tertiary/aromatic N) is 3. The molecule has 3 aromatic rings. The Balaban J connectivity index is 1.87. The Labute approximate surface area is 137 Å². The van der Waals surface area contributed by atoms with Crippen LogP contribution < -0.4 is 10.9 Å². The van der Waals surface area contributed by atoms with E-state index in [9.17, 15) is 9.59 Å². The van der Waals surface area contributed by atoms with Crippen molar-refractivity contribution in [1.29, 1.82) is 0 Å². The van der Waals surface area contributed by atoms with Crippen molar-refractivity contribution in [2.24, 2.45) is 0 Å². The van der Waals surface area contributed by atoms with Crippen LogP contribution in [0.25, 0.3) is 11.6 Å². The number of nitrogens with one attached hydrogen (secondary N) is 1. The number of anilines is 1. The summed E-state index contributed by atoms with van der Waals surface area (Å²) in [5.41, 5.74) is 1.80. The highest BCUT2D eigenvalue weighted by atomic mass is 16.5. The number of hydrogen-bond donors (Lipinski definition) is 1. The largest absolute Gasteiger partial charge is 0.332 e. The van der Waals surface area contributed by atoms with Crippen LogP contribution in [0.1, 0.15) is 11.4 Å². The van der Waals surface area contributed by atoms with E-state index >= 15 is 0 Å². The van der Waals surface area contributed by atoms with Crippen molar-refractivity contribution >= 4 is 11.6 Å². The first kappa shape index (κ1) is 15.7. The van der Waals surface area contributed by atoms with Gasteiger partial charge in [-0.15, -0.1) is 0 Å². The minimum Gasteiger partial charge on any atom is -0.332 e. The maximum Gasteiger partial charge on any atom is 0.274 e. The predicted octanol–water partition coefficient (Wildman–Crippen LogP) is 2.15. The Morgan fingerprint density at radius 2 is 2.00 bits per heavy atom. The van der Waals surface area contributed by atoms with Gasteiger partial charge >= 0.3 is 0 Å². The summed E-state index contributed by atoms with van der Waals surface area (Å²) in [5.74, 6) is 0.344.